The maximum Gasteiger partial charge on any atom is 0.258 e. The molecule has 0 unspecified atom stereocenters. The number of aromatic nitrogens is 4. The van der Waals surface area contributed by atoms with Crippen molar-refractivity contribution in [3.05, 3.63) is 59.4 Å². The molecule has 0 bridgehead atoms. The molecule has 0 aliphatic carbocycles. The minimum atomic E-state index is -0.288. The van der Waals surface area contributed by atoms with Crippen LogP contribution in [-0.2, 0) is 11.3 Å². The van der Waals surface area contributed by atoms with Gasteiger partial charge in [-0.3, -0.25) is 4.79 Å². The molecule has 0 fully saturated rings. The van der Waals surface area contributed by atoms with Gasteiger partial charge in [0.05, 0.1) is 19.3 Å². The molecule has 3 rings (SSSR count). The van der Waals surface area contributed by atoms with Crippen molar-refractivity contribution in [3.8, 4) is 17.2 Å². The third kappa shape index (κ3) is 4.48. The molecule has 0 aliphatic rings. The monoisotopic (exact) mass is 373 g/mol. The van der Waals surface area contributed by atoms with Crippen LogP contribution < -0.4 is 14.8 Å². The molecule has 1 aromatic heterocycles. The number of tetrazole rings is 1. The fourth-order valence-electron chi connectivity index (χ4n) is 2.15. The molecule has 134 valence electrons. The number of carbonyl (C=O) groups is 1. The van der Waals surface area contributed by atoms with Gasteiger partial charge in [-0.1, -0.05) is 11.6 Å². The highest BCUT2D eigenvalue weighted by Gasteiger charge is 2.10. The number of rotatable bonds is 7. The first kappa shape index (κ1) is 17.7. The van der Waals surface area contributed by atoms with Crippen molar-refractivity contribution < 1.29 is 14.3 Å². The lowest BCUT2D eigenvalue weighted by Crippen LogP contribution is -2.29. The van der Waals surface area contributed by atoms with Gasteiger partial charge in [0.25, 0.3) is 5.91 Å². The Labute approximate surface area is 154 Å². The van der Waals surface area contributed by atoms with Gasteiger partial charge in [-0.2, -0.15) is 4.68 Å². The number of amides is 1. The van der Waals surface area contributed by atoms with E-state index in [0.29, 0.717) is 16.6 Å². The fraction of sp³-hybridized carbons (Fsp3) is 0.176. The first-order valence-electron chi connectivity index (χ1n) is 7.72. The smallest absolute Gasteiger partial charge is 0.258 e. The number of ether oxygens (including phenoxy) is 2. The topological polar surface area (TPSA) is 91.2 Å². The van der Waals surface area contributed by atoms with E-state index < -0.39 is 0 Å². The van der Waals surface area contributed by atoms with Crippen LogP contribution in [0.5, 0.6) is 11.5 Å². The summed E-state index contributed by atoms with van der Waals surface area (Å²) in [6, 6.07) is 14.0. The Balaban J connectivity index is 1.55. The number of methoxy groups -OCH3 is 1. The van der Waals surface area contributed by atoms with E-state index in [2.05, 4.69) is 20.8 Å². The molecular weight excluding hydrogens is 358 g/mol. The molecule has 0 saturated carbocycles. The first-order valence-corrected chi connectivity index (χ1v) is 8.10. The van der Waals surface area contributed by atoms with E-state index in [0.717, 1.165) is 11.4 Å². The van der Waals surface area contributed by atoms with Crippen molar-refractivity contribution in [2.24, 2.45) is 0 Å². The van der Waals surface area contributed by atoms with Crippen molar-refractivity contribution in [2.75, 3.05) is 13.7 Å². The predicted octanol–water partition coefficient (Wildman–Crippen LogP) is 2.02. The average Bonchev–Trinajstić information content (AvgIpc) is 3.14. The molecule has 3 aromatic rings. The lowest BCUT2D eigenvalue weighted by molar-refractivity contribution is -0.123. The zero-order valence-corrected chi connectivity index (χ0v) is 14.7. The van der Waals surface area contributed by atoms with E-state index in [1.165, 1.54) is 0 Å². The van der Waals surface area contributed by atoms with Gasteiger partial charge >= 0.3 is 0 Å². The Hall–Kier alpha value is -3.13. The second kappa shape index (κ2) is 8.30. The van der Waals surface area contributed by atoms with E-state index in [-0.39, 0.29) is 19.1 Å². The summed E-state index contributed by atoms with van der Waals surface area (Å²) in [6.45, 7) is 0.0492. The fourth-order valence-corrected chi connectivity index (χ4v) is 2.27. The van der Waals surface area contributed by atoms with Gasteiger partial charge in [0.15, 0.2) is 12.4 Å². The molecule has 1 amide bonds. The highest BCUT2D eigenvalue weighted by atomic mass is 35.5. The van der Waals surface area contributed by atoms with Gasteiger partial charge in [-0.25, -0.2) is 0 Å². The number of nitrogens with one attached hydrogen (secondary N) is 1. The van der Waals surface area contributed by atoms with Crippen molar-refractivity contribution in [3.63, 3.8) is 0 Å². The Morgan fingerprint density at radius 1 is 1.12 bits per heavy atom. The molecule has 8 nitrogen and oxygen atoms in total. The highest BCUT2D eigenvalue weighted by Crippen LogP contribution is 2.16. The summed E-state index contributed by atoms with van der Waals surface area (Å²) in [5, 5.41) is 14.9. The lowest BCUT2D eigenvalue weighted by atomic mass is 10.3. The Kier molecular flexibility index (Phi) is 5.65. The molecule has 0 aliphatic heterocycles. The molecule has 0 spiro atoms. The Bertz CT molecular complexity index is 865. The average molecular weight is 374 g/mol. The van der Waals surface area contributed by atoms with E-state index >= 15 is 0 Å². The third-order valence-electron chi connectivity index (χ3n) is 3.48. The molecular formula is C17H16ClN5O3. The van der Waals surface area contributed by atoms with Crippen LogP contribution in [0.2, 0.25) is 5.02 Å². The summed E-state index contributed by atoms with van der Waals surface area (Å²) >= 11 is 5.80. The summed E-state index contributed by atoms with van der Waals surface area (Å²) in [7, 11) is 1.60. The highest BCUT2D eigenvalue weighted by molar-refractivity contribution is 6.30. The lowest BCUT2D eigenvalue weighted by Gasteiger charge is -2.08. The van der Waals surface area contributed by atoms with Gasteiger partial charge in [0.2, 0.25) is 0 Å². The minimum absolute atomic E-state index is 0.119. The number of benzene rings is 2. The maximum atomic E-state index is 12.0. The number of nitrogens with zero attached hydrogens (tertiary/aromatic N) is 4. The van der Waals surface area contributed by atoms with Crippen molar-refractivity contribution in [2.45, 2.75) is 6.54 Å². The van der Waals surface area contributed by atoms with Gasteiger partial charge in [0, 0.05) is 5.02 Å². The quantitative estimate of drug-likeness (QED) is 0.681. The van der Waals surface area contributed by atoms with Crippen LogP contribution in [-0.4, -0.2) is 39.8 Å². The van der Waals surface area contributed by atoms with Crippen LogP contribution in [0.3, 0.4) is 0 Å². The molecule has 0 saturated heterocycles. The molecule has 2 aromatic carbocycles. The van der Waals surface area contributed by atoms with Gasteiger partial charge in [-0.15, -0.1) is 5.10 Å². The van der Waals surface area contributed by atoms with Gasteiger partial charge in [-0.05, 0) is 59.0 Å². The SMILES string of the molecule is COc1ccc(-n2nnnc2CNC(=O)COc2ccc(Cl)cc2)cc1. The molecule has 26 heavy (non-hydrogen) atoms. The van der Waals surface area contributed by atoms with Crippen LogP contribution in [0.25, 0.3) is 5.69 Å². The Morgan fingerprint density at radius 2 is 1.81 bits per heavy atom. The van der Waals surface area contributed by atoms with Crippen LogP contribution in [0.1, 0.15) is 5.82 Å². The second-order valence-electron chi connectivity index (χ2n) is 5.22. The number of hydrogen-bond donors (Lipinski definition) is 1. The van der Waals surface area contributed by atoms with E-state index in [4.69, 9.17) is 21.1 Å². The largest absolute Gasteiger partial charge is 0.497 e. The van der Waals surface area contributed by atoms with Crippen LogP contribution in [0, 0.1) is 0 Å². The first-order chi connectivity index (χ1) is 12.7. The van der Waals surface area contributed by atoms with Gasteiger partial charge < -0.3 is 14.8 Å². The summed E-state index contributed by atoms with van der Waals surface area (Å²) in [4.78, 5) is 12.0. The number of halogens is 1. The number of carbonyl (C=O) groups excluding carboxylic acids is 1. The third-order valence-corrected chi connectivity index (χ3v) is 3.73. The molecule has 1 heterocycles. The predicted molar refractivity (Wildman–Crippen MR) is 94.5 cm³/mol. The summed E-state index contributed by atoms with van der Waals surface area (Å²) < 4.78 is 12.1. The van der Waals surface area contributed by atoms with Crippen molar-refractivity contribution in [1.82, 2.24) is 25.5 Å². The minimum Gasteiger partial charge on any atom is -0.497 e. The van der Waals surface area contributed by atoms with E-state index in [9.17, 15) is 4.79 Å². The maximum absolute atomic E-state index is 12.0. The standard InChI is InChI=1S/C17H16ClN5O3/c1-25-14-8-4-13(5-9-14)23-16(20-21-22-23)10-19-17(24)11-26-15-6-2-12(18)3-7-15/h2-9H,10-11H2,1H3,(H,19,24). The summed E-state index contributed by atoms with van der Waals surface area (Å²) in [5.74, 6) is 1.50. The van der Waals surface area contributed by atoms with E-state index in [1.54, 1.807) is 48.2 Å². The zero-order valence-electron chi connectivity index (χ0n) is 13.9. The second-order valence-corrected chi connectivity index (χ2v) is 5.66. The zero-order chi connectivity index (χ0) is 18.4. The van der Waals surface area contributed by atoms with E-state index in [1.807, 2.05) is 12.1 Å². The van der Waals surface area contributed by atoms with Crippen LogP contribution >= 0.6 is 11.6 Å². The Morgan fingerprint density at radius 3 is 2.50 bits per heavy atom. The summed E-state index contributed by atoms with van der Waals surface area (Å²) in [5.41, 5.74) is 0.762. The molecule has 0 atom stereocenters. The summed E-state index contributed by atoms with van der Waals surface area (Å²) in [6.07, 6.45) is 0. The van der Waals surface area contributed by atoms with Gasteiger partial charge in [0.1, 0.15) is 11.5 Å². The molecule has 9 heteroatoms. The molecule has 1 N–H and O–H groups in total. The van der Waals surface area contributed by atoms with Crippen LogP contribution in [0.15, 0.2) is 48.5 Å². The normalized spacial score (nSPS) is 10.4. The number of hydrogen-bond acceptors (Lipinski definition) is 6. The molecule has 0 radical (unpaired) electrons. The van der Waals surface area contributed by atoms with Crippen LogP contribution in [0.4, 0.5) is 0 Å². The van der Waals surface area contributed by atoms with Crippen molar-refractivity contribution >= 4 is 17.5 Å². The van der Waals surface area contributed by atoms with Crippen molar-refractivity contribution in [1.29, 1.82) is 0 Å².